The molecule has 1 unspecified atom stereocenters. The van der Waals surface area contributed by atoms with E-state index in [9.17, 15) is 4.79 Å². The molecule has 1 rings (SSSR count). The molecule has 0 radical (unpaired) electrons. The summed E-state index contributed by atoms with van der Waals surface area (Å²) in [7, 11) is 1.43. The number of aromatic nitrogens is 1. The van der Waals surface area contributed by atoms with Crippen LogP contribution >= 0.6 is 11.3 Å². The number of methoxy groups -OCH3 is 1. The van der Waals surface area contributed by atoms with Gasteiger partial charge in [0.05, 0.1) is 12.6 Å². The molecule has 18 heavy (non-hydrogen) atoms. The van der Waals surface area contributed by atoms with Crippen LogP contribution in [0, 0.1) is 0 Å². The maximum absolute atomic E-state index is 11.8. The highest BCUT2D eigenvalue weighted by molar-refractivity contribution is 7.09. The van der Waals surface area contributed by atoms with Crippen LogP contribution in [0.15, 0.2) is 11.6 Å². The number of rotatable bonds is 7. The molecule has 1 heterocycles. The molecule has 1 N–H and O–H groups in total. The van der Waals surface area contributed by atoms with Gasteiger partial charge >= 0.3 is 5.97 Å². The van der Waals surface area contributed by atoms with E-state index in [0.29, 0.717) is 0 Å². The van der Waals surface area contributed by atoms with Crippen LogP contribution in [0.2, 0.25) is 0 Å². The number of hydrogen-bond donors (Lipinski definition) is 1. The minimum Gasteiger partial charge on any atom is -0.468 e. The highest BCUT2D eigenvalue weighted by Gasteiger charge is 2.30. The van der Waals surface area contributed by atoms with Crippen molar-refractivity contribution >= 4 is 17.3 Å². The largest absolute Gasteiger partial charge is 0.468 e. The minimum atomic E-state index is -0.319. The van der Waals surface area contributed by atoms with Crippen LogP contribution in [0.4, 0.5) is 0 Å². The number of carbonyl (C=O) groups is 1. The Labute approximate surface area is 113 Å². The van der Waals surface area contributed by atoms with Crippen LogP contribution in [0.1, 0.15) is 45.0 Å². The summed E-state index contributed by atoms with van der Waals surface area (Å²) in [4.78, 5) is 16.1. The molecule has 102 valence electrons. The molecule has 1 aromatic heterocycles. The van der Waals surface area contributed by atoms with E-state index in [1.165, 1.54) is 7.11 Å². The van der Waals surface area contributed by atoms with Gasteiger partial charge in [-0.15, -0.1) is 11.3 Å². The van der Waals surface area contributed by atoms with Crippen molar-refractivity contribution in [2.75, 3.05) is 7.11 Å². The fourth-order valence-corrected chi connectivity index (χ4v) is 2.55. The van der Waals surface area contributed by atoms with E-state index < -0.39 is 0 Å². The van der Waals surface area contributed by atoms with Gasteiger partial charge in [0.1, 0.15) is 11.0 Å². The Morgan fingerprint density at radius 3 is 2.83 bits per heavy atom. The number of carbonyl (C=O) groups excluding carboxylic acids is 1. The third-order valence-corrected chi connectivity index (χ3v) is 3.93. The lowest BCUT2D eigenvalue weighted by molar-refractivity contribution is -0.144. The molecule has 0 aliphatic heterocycles. The summed E-state index contributed by atoms with van der Waals surface area (Å²) < 4.78 is 4.85. The first-order valence-electron chi connectivity index (χ1n) is 6.26. The van der Waals surface area contributed by atoms with Gasteiger partial charge in [0.15, 0.2) is 0 Å². The monoisotopic (exact) mass is 270 g/mol. The van der Waals surface area contributed by atoms with Gasteiger partial charge in [-0.2, -0.15) is 0 Å². The molecule has 0 amide bonds. The summed E-state index contributed by atoms with van der Waals surface area (Å²) in [6, 6.07) is -0.270. The van der Waals surface area contributed by atoms with Crippen LogP contribution in [0.5, 0.6) is 0 Å². The molecular formula is C13H22N2O2S. The van der Waals surface area contributed by atoms with Crippen molar-refractivity contribution in [3.8, 4) is 0 Å². The fraction of sp³-hybridized carbons (Fsp3) is 0.692. The Bertz CT molecular complexity index is 363. The van der Waals surface area contributed by atoms with Gasteiger partial charge < -0.3 is 4.74 Å². The summed E-state index contributed by atoms with van der Waals surface area (Å²) in [5, 5.41) is 6.28. The highest BCUT2D eigenvalue weighted by Crippen LogP contribution is 2.23. The molecule has 1 aromatic rings. The maximum Gasteiger partial charge on any atom is 0.322 e. The normalized spacial score (nSPS) is 13.3. The molecule has 0 aliphatic rings. The summed E-state index contributed by atoms with van der Waals surface area (Å²) in [5.74, 6) is -0.201. The van der Waals surface area contributed by atoms with Crippen molar-refractivity contribution in [2.24, 2.45) is 0 Å². The van der Waals surface area contributed by atoms with Crippen molar-refractivity contribution in [3.63, 3.8) is 0 Å². The average Bonchev–Trinajstić information content (AvgIpc) is 2.87. The van der Waals surface area contributed by atoms with Gasteiger partial charge in [-0.25, -0.2) is 4.98 Å². The van der Waals surface area contributed by atoms with Crippen molar-refractivity contribution < 1.29 is 9.53 Å². The molecule has 0 saturated carbocycles. The number of hydrogen-bond acceptors (Lipinski definition) is 5. The summed E-state index contributed by atoms with van der Waals surface area (Å²) in [6.45, 7) is 6.18. The van der Waals surface area contributed by atoms with Crippen molar-refractivity contribution in [2.45, 2.75) is 51.6 Å². The van der Waals surface area contributed by atoms with E-state index in [0.717, 1.165) is 24.3 Å². The van der Waals surface area contributed by atoms with Gasteiger partial charge in [-0.3, -0.25) is 10.1 Å². The van der Waals surface area contributed by atoms with Gasteiger partial charge in [0.2, 0.25) is 0 Å². The van der Waals surface area contributed by atoms with Gasteiger partial charge in [0, 0.05) is 11.6 Å². The number of esters is 1. The predicted molar refractivity (Wildman–Crippen MR) is 73.6 cm³/mol. The summed E-state index contributed by atoms with van der Waals surface area (Å²) >= 11 is 1.59. The molecule has 0 saturated heterocycles. The molecular weight excluding hydrogens is 248 g/mol. The first kappa shape index (κ1) is 15.1. The standard InChI is InChI=1S/C13H22N2O2S/c1-5-6-7-10(11(16)17-4)15-13(2,3)12-14-8-9-18-12/h8-10,15H,5-7H2,1-4H3. The fourth-order valence-electron chi connectivity index (χ4n) is 1.83. The lowest BCUT2D eigenvalue weighted by Crippen LogP contribution is -2.48. The lowest BCUT2D eigenvalue weighted by atomic mass is 10.0. The third-order valence-electron chi connectivity index (χ3n) is 2.83. The Hall–Kier alpha value is -0.940. The first-order valence-corrected chi connectivity index (χ1v) is 7.14. The molecule has 0 aliphatic carbocycles. The molecule has 5 heteroatoms. The zero-order valence-electron chi connectivity index (χ0n) is 11.5. The Kier molecular flexibility index (Phi) is 5.75. The number of nitrogens with zero attached hydrogens (tertiary/aromatic N) is 1. The van der Waals surface area contributed by atoms with Crippen LogP contribution in [0.3, 0.4) is 0 Å². The van der Waals surface area contributed by atoms with Gasteiger partial charge in [-0.1, -0.05) is 19.8 Å². The van der Waals surface area contributed by atoms with Crippen molar-refractivity contribution in [1.82, 2.24) is 10.3 Å². The van der Waals surface area contributed by atoms with Crippen molar-refractivity contribution in [3.05, 3.63) is 16.6 Å². The number of thiazole rings is 1. The molecule has 0 spiro atoms. The van der Waals surface area contributed by atoms with E-state index in [1.54, 1.807) is 17.5 Å². The van der Waals surface area contributed by atoms with Crippen molar-refractivity contribution in [1.29, 1.82) is 0 Å². The van der Waals surface area contributed by atoms with Crippen LogP contribution in [0.25, 0.3) is 0 Å². The number of nitrogens with one attached hydrogen (secondary N) is 1. The van der Waals surface area contributed by atoms with E-state index >= 15 is 0 Å². The van der Waals surface area contributed by atoms with Gasteiger partial charge in [-0.05, 0) is 20.3 Å². The molecule has 0 bridgehead atoms. The van der Waals surface area contributed by atoms with Crippen LogP contribution in [-0.2, 0) is 15.1 Å². The van der Waals surface area contributed by atoms with E-state index in [-0.39, 0.29) is 17.6 Å². The zero-order chi connectivity index (χ0) is 13.6. The Morgan fingerprint density at radius 1 is 1.61 bits per heavy atom. The molecule has 0 fully saturated rings. The lowest BCUT2D eigenvalue weighted by Gasteiger charge is -2.29. The minimum absolute atomic E-state index is 0.201. The van der Waals surface area contributed by atoms with Crippen LogP contribution in [-0.4, -0.2) is 24.1 Å². The second-order valence-corrected chi connectivity index (χ2v) is 5.72. The summed E-state index contributed by atoms with van der Waals surface area (Å²) in [5.41, 5.74) is -0.319. The topological polar surface area (TPSA) is 51.2 Å². The molecule has 0 aromatic carbocycles. The number of unbranched alkanes of at least 4 members (excludes halogenated alkanes) is 1. The average molecular weight is 270 g/mol. The van der Waals surface area contributed by atoms with E-state index in [1.807, 2.05) is 19.2 Å². The predicted octanol–water partition coefficient (Wildman–Crippen LogP) is 2.70. The Morgan fingerprint density at radius 2 is 2.33 bits per heavy atom. The molecule has 1 atom stereocenters. The second kappa shape index (κ2) is 6.85. The highest BCUT2D eigenvalue weighted by atomic mass is 32.1. The summed E-state index contributed by atoms with van der Waals surface area (Å²) in [6.07, 6.45) is 4.63. The number of ether oxygens (including phenoxy) is 1. The smallest absolute Gasteiger partial charge is 0.322 e. The maximum atomic E-state index is 11.8. The first-order chi connectivity index (χ1) is 8.51. The van der Waals surface area contributed by atoms with Gasteiger partial charge in [0.25, 0.3) is 0 Å². The SMILES string of the molecule is CCCCC(NC(C)(C)c1nccs1)C(=O)OC. The molecule has 4 nitrogen and oxygen atoms in total. The Balaban J connectivity index is 2.72. The second-order valence-electron chi connectivity index (χ2n) is 4.82. The quantitative estimate of drug-likeness (QED) is 0.774. The van der Waals surface area contributed by atoms with E-state index in [4.69, 9.17) is 4.74 Å². The van der Waals surface area contributed by atoms with E-state index in [2.05, 4.69) is 17.2 Å². The third kappa shape index (κ3) is 4.07. The zero-order valence-corrected chi connectivity index (χ0v) is 12.3. The van der Waals surface area contributed by atoms with Crippen LogP contribution < -0.4 is 5.32 Å².